The number of rotatable bonds is 4. The molecule has 1 heterocycles. The molecule has 0 aliphatic heterocycles. The minimum Gasteiger partial charge on any atom is -0.326 e. The number of amides is 1. The Morgan fingerprint density at radius 1 is 1.00 bits per heavy atom. The summed E-state index contributed by atoms with van der Waals surface area (Å²) in [5.74, 6) is -0.0873. The highest BCUT2D eigenvalue weighted by Gasteiger charge is 2.08. The third kappa shape index (κ3) is 3.97. The maximum Gasteiger partial charge on any atom is 0.251 e. The number of anilines is 1. The zero-order valence-corrected chi connectivity index (χ0v) is 14.8. The Morgan fingerprint density at radius 3 is 2.48 bits per heavy atom. The smallest absolute Gasteiger partial charge is 0.251 e. The van der Waals surface area contributed by atoms with Crippen LogP contribution in [0, 0.1) is 20.8 Å². The van der Waals surface area contributed by atoms with E-state index in [1.54, 1.807) is 0 Å². The molecule has 1 amide bonds. The van der Waals surface area contributed by atoms with Crippen molar-refractivity contribution in [2.45, 2.75) is 33.6 Å². The van der Waals surface area contributed by atoms with Crippen LogP contribution in [0.1, 0.15) is 28.7 Å². The molecule has 128 valence electrons. The molecule has 0 atom stereocenters. The third-order valence-corrected chi connectivity index (χ3v) is 4.35. The molecule has 0 radical (unpaired) electrons. The van der Waals surface area contributed by atoms with Gasteiger partial charge in [-0.15, -0.1) is 0 Å². The van der Waals surface area contributed by atoms with E-state index in [4.69, 9.17) is 0 Å². The summed E-state index contributed by atoms with van der Waals surface area (Å²) in [4.78, 5) is 27.3. The maximum atomic E-state index is 12.2. The number of aryl methyl sites for hydroxylation is 4. The van der Waals surface area contributed by atoms with Crippen LogP contribution < -0.4 is 10.9 Å². The number of hydrogen-bond donors (Lipinski definition) is 2. The maximum absolute atomic E-state index is 12.2. The normalized spacial score (nSPS) is 10.8. The van der Waals surface area contributed by atoms with Crippen molar-refractivity contribution < 1.29 is 4.79 Å². The average Bonchev–Trinajstić information content (AvgIpc) is 2.56. The number of hydrogen-bond acceptors (Lipinski definition) is 2. The van der Waals surface area contributed by atoms with Crippen molar-refractivity contribution in [3.05, 3.63) is 75.1 Å². The Labute approximate surface area is 146 Å². The molecule has 0 fully saturated rings. The van der Waals surface area contributed by atoms with Gasteiger partial charge < -0.3 is 10.3 Å². The van der Waals surface area contributed by atoms with E-state index >= 15 is 0 Å². The summed E-state index contributed by atoms with van der Waals surface area (Å²) >= 11 is 0. The van der Waals surface area contributed by atoms with Gasteiger partial charge in [-0.1, -0.05) is 29.3 Å². The van der Waals surface area contributed by atoms with E-state index in [0.717, 1.165) is 33.3 Å². The summed E-state index contributed by atoms with van der Waals surface area (Å²) in [7, 11) is 0. The molecule has 4 heteroatoms. The summed E-state index contributed by atoms with van der Waals surface area (Å²) in [6, 6.07) is 13.7. The zero-order valence-electron chi connectivity index (χ0n) is 14.8. The quantitative estimate of drug-likeness (QED) is 0.757. The van der Waals surface area contributed by atoms with Gasteiger partial charge in [-0.2, -0.15) is 0 Å². The number of aromatic amines is 1. The zero-order chi connectivity index (χ0) is 18.0. The molecular weight excluding hydrogens is 312 g/mol. The van der Waals surface area contributed by atoms with Gasteiger partial charge in [0.2, 0.25) is 5.91 Å². The van der Waals surface area contributed by atoms with Crippen molar-refractivity contribution in [3.8, 4) is 0 Å². The van der Waals surface area contributed by atoms with Crippen LogP contribution in [0.5, 0.6) is 0 Å². The van der Waals surface area contributed by atoms with E-state index in [1.165, 1.54) is 0 Å². The standard InChI is InChI=1S/C21H22N2O2/c1-13-4-7-18(15(3)10-13)22-20(24)9-6-16-12-17-11-14(2)5-8-19(17)23-21(16)25/h4-5,7-8,10-12H,6,9H2,1-3H3,(H,22,24)(H,23,25). The lowest BCUT2D eigenvalue weighted by molar-refractivity contribution is -0.116. The van der Waals surface area contributed by atoms with Crippen molar-refractivity contribution in [1.29, 1.82) is 0 Å². The number of fused-ring (bicyclic) bond motifs is 1. The molecule has 4 nitrogen and oxygen atoms in total. The molecule has 0 aliphatic carbocycles. The fourth-order valence-electron chi connectivity index (χ4n) is 2.97. The number of aromatic nitrogens is 1. The second-order valence-corrected chi connectivity index (χ2v) is 6.58. The van der Waals surface area contributed by atoms with Gasteiger partial charge >= 0.3 is 0 Å². The van der Waals surface area contributed by atoms with Gasteiger partial charge in [-0.05, 0) is 62.4 Å². The third-order valence-electron chi connectivity index (χ3n) is 4.35. The highest BCUT2D eigenvalue weighted by molar-refractivity contribution is 5.91. The van der Waals surface area contributed by atoms with Gasteiger partial charge in [0.15, 0.2) is 0 Å². The molecule has 0 saturated heterocycles. The van der Waals surface area contributed by atoms with E-state index in [-0.39, 0.29) is 17.9 Å². The van der Waals surface area contributed by atoms with Gasteiger partial charge in [0.1, 0.15) is 0 Å². The number of pyridine rings is 1. The van der Waals surface area contributed by atoms with Crippen LogP contribution in [0.4, 0.5) is 5.69 Å². The minimum absolute atomic E-state index is 0.0873. The summed E-state index contributed by atoms with van der Waals surface area (Å²) < 4.78 is 0. The second-order valence-electron chi connectivity index (χ2n) is 6.58. The fourth-order valence-corrected chi connectivity index (χ4v) is 2.97. The van der Waals surface area contributed by atoms with Crippen LogP contribution >= 0.6 is 0 Å². The number of benzene rings is 2. The molecule has 0 saturated carbocycles. The SMILES string of the molecule is Cc1ccc(NC(=O)CCc2cc3cc(C)ccc3[nH]c2=O)c(C)c1. The predicted molar refractivity (Wildman–Crippen MR) is 102 cm³/mol. The van der Waals surface area contributed by atoms with E-state index in [0.29, 0.717) is 12.0 Å². The minimum atomic E-state index is -0.129. The van der Waals surface area contributed by atoms with Gasteiger partial charge in [0.05, 0.1) is 0 Å². The van der Waals surface area contributed by atoms with E-state index < -0.39 is 0 Å². The summed E-state index contributed by atoms with van der Waals surface area (Å²) in [6.45, 7) is 6.01. The first-order chi connectivity index (χ1) is 11.9. The van der Waals surface area contributed by atoms with Crippen molar-refractivity contribution in [2.24, 2.45) is 0 Å². The number of H-pyrrole nitrogens is 1. The van der Waals surface area contributed by atoms with Crippen LogP contribution in [-0.2, 0) is 11.2 Å². The van der Waals surface area contributed by atoms with Gasteiger partial charge in [0, 0.05) is 23.2 Å². The first-order valence-electron chi connectivity index (χ1n) is 8.42. The monoisotopic (exact) mass is 334 g/mol. The average molecular weight is 334 g/mol. The second kappa shape index (κ2) is 6.93. The molecule has 2 N–H and O–H groups in total. The lowest BCUT2D eigenvalue weighted by atomic mass is 10.1. The van der Waals surface area contributed by atoms with Crippen molar-refractivity contribution in [1.82, 2.24) is 4.98 Å². The molecule has 0 spiro atoms. The summed E-state index contributed by atoms with van der Waals surface area (Å²) in [5.41, 5.74) is 5.47. The van der Waals surface area contributed by atoms with Gasteiger partial charge in [0.25, 0.3) is 5.56 Å². The van der Waals surface area contributed by atoms with Gasteiger partial charge in [-0.25, -0.2) is 0 Å². The number of nitrogens with one attached hydrogen (secondary N) is 2. The van der Waals surface area contributed by atoms with E-state index in [9.17, 15) is 9.59 Å². The first kappa shape index (κ1) is 17.0. The first-order valence-corrected chi connectivity index (χ1v) is 8.42. The molecule has 0 unspecified atom stereocenters. The largest absolute Gasteiger partial charge is 0.326 e. The molecule has 0 aliphatic rings. The van der Waals surface area contributed by atoms with Gasteiger partial charge in [-0.3, -0.25) is 9.59 Å². The molecule has 2 aromatic carbocycles. The topological polar surface area (TPSA) is 62.0 Å². The number of carbonyl (C=O) groups excluding carboxylic acids is 1. The highest BCUT2D eigenvalue weighted by Crippen LogP contribution is 2.17. The van der Waals surface area contributed by atoms with Crippen molar-refractivity contribution in [2.75, 3.05) is 5.32 Å². The van der Waals surface area contributed by atoms with Crippen molar-refractivity contribution >= 4 is 22.5 Å². The molecule has 0 bridgehead atoms. The molecule has 25 heavy (non-hydrogen) atoms. The molecule has 3 aromatic rings. The van der Waals surface area contributed by atoms with E-state index in [2.05, 4.69) is 10.3 Å². The van der Waals surface area contributed by atoms with Crippen LogP contribution in [-0.4, -0.2) is 10.9 Å². The molecular formula is C21H22N2O2. The lowest BCUT2D eigenvalue weighted by Gasteiger charge is -2.09. The van der Waals surface area contributed by atoms with Crippen LogP contribution in [0.15, 0.2) is 47.3 Å². The summed E-state index contributed by atoms with van der Waals surface area (Å²) in [6.07, 6.45) is 0.684. The lowest BCUT2D eigenvalue weighted by Crippen LogP contribution is -2.17. The van der Waals surface area contributed by atoms with Crippen LogP contribution in [0.25, 0.3) is 10.9 Å². The Balaban J connectivity index is 1.72. The van der Waals surface area contributed by atoms with Crippen LogP contribution in [0.3, 0.4) is 0 Å². The Morgan fingerprint density at radius 2 is 1.72 bits per heavy atom. The van der Waals surface area contributed by atoms with Crippen molar-refractivity contribution in [3.63, 3.8) is 0 Å². The molecule has 1 aromatic heterocycles. The Kier molecular flexibility index (Phi) is 4.70. The predicted octanol–water partition coefficient (Wildman–Crippen LogP) is 4.02. The van der Waals surface area contributed by atoms with E-state index in [1.807, 2.05) is 63.2 Å². The number of carbonyl (C=O) groups is 1. The van der Waals surface area contributed by atoms with Crippen LogP contribution in [0.2, 0.25) is 0 Å². The highest BCUT2D eigenvalue weighted by atomic mass is 16.1. The summed E-state index contributed by atoms with van der Waals surface area (Å²) in [5, 5.41) is 3.91. The Bertz CT molecular complexity index is 1000. The fraction of sp³-hybridized carbons (Fsp3) is 0.238. The molecule has 3 rings (SSSR count). The Hall–Kier alpha value is -2.88.